The number of hydrogen-bond donors (Lipinski definition) is 4. The highest BCUT2D eigenvalue weighted by Gasteiger charge is 2.26. The van der Waals surface area contributed by atoms with E-state index in [-0.39, 0.29) is 0 Å². The van der Waals surface area contributed by atoms with E-state index in [4.69, 9.17) is 10.8 Å². The molecule has 2 rings (SSSR count). The lowest BCUT2D eigenvalue weighted by Crippen LogP contribution is -2.31. The smallest absolute Gasteiger partial charge is 0.322 e. The van der Waals surface area contributed by atoms with Gasteiger partial charge in [0.05, 0.1) is 5.56 Å². The first-order valence-electron chi connectivity index (χ1n) is 6.20. The predicted octanol–water partition coefficient (Wildman–Crippen LogP) is 0.932. The monoisotopic (exact) mass is 297 g/mol. The molecule has 0 aliphatic heterocycles. The van der Waals surface area contributed by atoms with Crippen molar-refractivity contribution in [1.82, 2.24) is 5.32 Å². The third-order valence-electron chi connectivity index (χ3n) is 3.04. The minimum Gasteiger partial charge on any atom is -0.480 e. The van der Waals surface area contributed by atoms with Crippen LogP contribution in [-0.4, -0.2) is 29.6 Å². The van der Waals surface area contributed by atoms with Gasteiger partial charge in [0.2, 0.25) is 0 Å². The van der Waals surface area contributed by atoms with Gasteiger partial charge in [0.15, 0.2) is 0 Å². The molecular weight excluding hydrogens is 282 g/mol. The molecule has 7 nitrogen and oxygen atoms in total. The van der Waals surface area contributed by atoms with Crippen molar-refractivity contribution in [2.75, 3.05) is 11.9 Å². The fourth-order valence-electron chi connectivity index (χ4n) is 2.25. The maximum atomic E-state index is 12.1. The van der Waals surface area contributed by atoms with Crippen LogP contribution in [0.1, 0.15) is 33.6 Å². The molecule has 108 valence electrons. The molecule has 0 aromatic carbocycles. The van der Waals surface area contributed by atoms with Gasteiger partial charge >= 0.3 is 12.0 Å². The zero-order chi connectivity index (χ0) is 14.7. The molecule has 0 unspecified atom stereocenters. The van der Waals surface area contributed by atoms with Gasteiger partial charge in [-0.3, -0.25) is 14.9 Å². The molecule has 1 aromatic rings. The molecule has 0 atom stereocenters. The fraction of sp³-hybridized carbons (Fsp3) is 0.417. The molecular formula is C12H15N3O4S. The maximum absolute atomic E-state index is 12.1. The number of aliphatic carboxylic acids is 1. The number of thiophene rings is 1. The third-order valence-corrected chi connectivity index (χ3v) is 4.24. The summed E-state index contributed by atoms with van der Waals surface area (Å²) in [7, 11) is 0. The molecule has 0 fully saturated rings. The SMILES string of the molecule is NC(=O)Nc1sc2c(c1C(=O)NCC(=O)O)CCCC2. The Hall–Kier alpha value is -2.09. The standard InChI is InChI=1S/C12H15N3O4S/c13-12(19)15-11-9(10(18)14-5-8(16)17)6-3-1-2-4-7(6)20-11/h1-5H2,(H,14,18)(H,16,17)(H3,13,15,19). The second-order valence-corrected chi connectivity index (χ2v) is 5.59. The van der Waals surface area contributed by atoms with Crippen molar-refractivity contribution >= 4 is 34.2 Å². The number of rotatable bonds is 4. The fourth-order valence-corrected chi connectivity index (χ4v) is 3.54. The van der Waals surface area contributed by atoms with Crippen LogP contribution in [0.3, 0.4) is 0 Å². The van der Waals surface area contributed by atoms with Gasteiger partial charge in [-0.25, -0.2) is 4.79 Å². The van der Waals surface area contributed by atoms with Gasteiger partial charge in [0.1, 0.15) is 11.5 Å². The van der Waals surface area contributed by atoms with Crippen LogP contribution in [0.25, 0.3) is 0 Å². The van der Waals surface area contributed by atoms with Gasteiger partial charge in [-0.1, -0.05) is 0 Å². The van der Waals surface area contributed by atoms with Crippen LogP contribution in [0, 0.1) is 0 Å². The topological polar surface area (TPSA) is 122 Å². The number of carboxylic acid groups (broad SMARTS) is 1. The van der Waals surface area contributed by atoms with E-state index >= 15 is 0 Å². The number of hydrogen-bond acceptors (Lipinski definition) is 4. The second kappa shape index (κ2) is 5.91. The molecule has 20 heavy (non-hydrogen) atoms. The number of urea groups is 1. The number of carbonyl (C=O) groups is 3. The first kappa shape index (κ1) is 14.3. The first-order chi connectivity index (χ1) is 9.49. The van der Waals surface area contributed by atoms with E-state index in [0.717, 1.165) is 36.1 Å². The highest BCUT2D eigenvalue weighted by molar-refractivity contribution is 7.17. The van der Waals surface area contributed by atoms with E-state index in [1.54, 1.807) is 0 Å². The summed E-state index contributed by atoms with van der Waals surface area (Å²) >= 11 is 1.33. The van der Waals surface area contributed by atoms with Gasteiger partial charge < -0.3 is 16.2 Å². The maximum Gasteiger partial charge on any atom is 0.322 e. The summed E-state index contributed by atoms with van der Waals surface area (Å²) < 4.78 is 0. The van der Waals surface area contributed by atoms with E-state index in [9.17, 15) is 14.4 Å². The summed E-state index contributed by atoms with van der Waals surface area (Å²) in [6.45, 7) is -0.459. The summed E-state index contributed by atoms with van der Waals surface area (Å²) in [4.78, 5) is 34.7. The number of anilines is 1. The molecule has 1 aromatic heterocycles. The van der Waals surface area contributed by atoms with Crippen molar-refractivity contribution in [3.05, 3.63) is 16.0 Å². The van der Waals surface area contributed by atoms with Gasteiger partial charge in [-0.15, -0.1) is 11.3 Å². The van der Waals surface area contributed by atoms with Crippen molar-refractivity contribution in [3.63, 3.8) is 0 Å². The van der Waals surface area contributed by atoms with Gasteiger partial charge in [-0.2, -0.15) is 0 Å². The van der Waals surface area contributed by atoms with E-state index in [2.05, 4.69) is 10.6 Å². The summed E-state index contributed by atoms with van der Waals surface area (Å²) in [6.07, 6.45) is 3.63. The Kier molecular flexibility index (Phi) is 4.23. The number of nitrogens with two attached hydrogens (primary N) is 1. The number of fused-ring (bicyclic) bond motifs is 1. The third kappa shape index (κ3) is 3.08. The summed E-state index contributed by atoms with van der Waals surface area (Å²) in [5.41, 5.74) is 6.35. The Morgan fingerprint density at radius 2 is 1.95 bits per heavy atom. The van der Waals surface area contributed by atoms with Gasteiger partial charge in [0, 0.05) is 4.88 Å². The highest BCUT2D eigenvalue weighted by Crippen LogP contribution is 2.37. The lowest BCUT2D eigenvalue weighted by molar-refractivity contribution is -0.135. The molecule has 0 spiro atoms. The van der Waals surface area contributed by atoms with Crippen molar-refractivity contribution in [2.45, 2.75) is 25.7 Å². The molecule has 0 saturated carbocycles. The lowest BCUT2D eigenvalue weighted by atomic mass is 9.95. The van der Waals surface area contributed by atoms with Gasteiger partial charge in [0.25, 0.3) is 5.91 Å². The van der Waals surface area contributed by atoms with Gasteiger partial charge in [-0.05, 0) is 31.2 Å². The predicted molar refractivity (Wildman–Crippen MR) is 74.1 cm³/mol. The number of carboxylic acids is 1. The lowest BCUT2D eigenvalue weighted by Gasteiger charge is -2.12. The average molecular weight is 297 g/mol. The van der Waals surface area contributed by atoms with E-state index < -0.39 is 24.5 Å². The molecule has 3 amide bonds. The number of carbonyl (C=O) groups excluding carboxylic acids is 2. The Balaban J connectivity index is 2.32. The second-order valence-electron chi connectivity index (χ2n) is 4.48. The van der Waals surface area contributed by atoms with Crippen LogP contribution in [0.4, 0.5) is 9.80 Å². The Labute approximate surface area is 119 Å². The quantitative estimate of drug-likeness (QED) is 0.660. The van der Waals surface area contributed by atoms with Crippen LogP contribution in [0.2, 0.25) is 0 Å². The number of aryl methyl sites for hydroxylation is 1. The van der Waals surface area contributed by atoms with Crippen molar-refractivity contribution < 1.29 is 19.5 Å². The number of primary amides is 1. The molecule has 0 radical (unpaired) electrons. The van der Waals surface area contributed by atoms with Crippen molar-refractivity contribution in [3.8, 4) is 0 Å². The Morgan fingerprint density at radius 1 is 1.25 bits per heavy atom. The summed E-state index contributed by atoms with van der Waals surface area (Å²) in [6, 6.07) is -0.740. The largest absolute Gasteiger partial charge is 0.480 e. The number of nitrogens with one attached hydrogen (secondary N) is 2. The number of amides is 3. The van der Waals surface area contributed by atoms with Crippen LogP contribution < -0.4 is 16.4 Å². The Morgan fingerprint density at radius 3 is 2.60 bits per heavy atom. The average Bonchev–Trinajstić information content (AvgIpc) is 2.72. The summed E-state index contributed by atoms with van der Waals surface area (Å²) in [5.74, 6) is -1.61. The van der Waals surface area contributed by atoms with Crippen LogP contribution in [-0.2, 0) is 17.6 Å². The molecule has 5 N–H and O–H groups in total. The molecule has 8 heteroatoms. The first-order valence-corrected chi connectivity index (χ1v) is 7.01. The molecule has 0 bridgehead atoms. The molecule has 0 saturated heterocycles. The summed E-state index contributed by atoms with van der Waals surface area (Å²) in [5, 5.41) is 13.8. The molecule has 1 heterocycles. The van der Waals surface area contributed by atoms with Crippen LogP contribution >= 0.6 is 11.3 Å². The zero-order valence-electron chi connectivity index (χ0n) is 10.7. The van der Waals surface area contributed by atoms with E-state index in [1.807, 2.05) is 0 Å². The van der Waals surface area contributed by atoms with Crippen LogP contribution in [0.15, 0.2) is 0 Å². The minimum atomic E-state index is -1.12. The van der Waals surface area contributed by atoms with E-state index in [1.165, 1.54) is 11.3 Å². The van der Waals surface area contributed by atoms with E-state index in [0.29, 0.717) is 10.6 Å². The molecule has 1 aliphatic rings. The Bertz CT molecular complexity index is 567. The molecule has 1 aliphatic carbocycles. The van der Waals surface area contributed by atoms with Crippen molar-refractivity contribution in [2.24, 2.45) is 5.73 Å². The minimum absolute atomic E-state index is 0.352. The zero-order valence-corrected chi connectivity index (χ0v) is 11.5. The normalized spacial score (nSPS) is 13.4. The highest BCUT2D eigenvalue weighted by atomic mass is 32.1. The van der Waals surface area contributed by atoms with Crippen molar-refractivity contribution in [1.29, 1.82) is 0 Å². The van der Waals surface area contributed by atoms with Crippen LogP contribution in [0.5, 0.6) is 0 Å².